The van der Waals surface area contributed by atoms with Crippen LogP contribution in [-0.4, -0.2) is 140 Å². The first-order valence-electron chi connectivity index (χ1n) is 36.4. The summed E-state index contributed by atoms with van der Waals surface area (Å²) in [6.07, 6.45) is 22.9. The van der Waals surface area contributed by atoms with Gasteiger partial charge in [-0.3, -0.25) is 0 Å². The molecule has 18 unspecified atom stereocenters. The van der Waals surface area contributed by atoms with Gasteiger partial charge < -0.3 is 53.1 Å². The van der Waals surface area contributed by atoms with Gasteiger partial charge in [0.15, 0.2) is 0 Å². The Morgan fingerprint density at radius 3 is 0.755 bits per heavy atom. The topological polar surface area (TPSA) is 111 Å². The third-order valence-electron chi connectivity index (χ3n) is 21.9. The van der Waals surface area contributed by atoms with Gasteiger partial charge in [0.2, 0.25) is 0 Å². The summed E-state index contributed by atoms with van der Waals surface area (Å²) < 4.78 is 90.7. The molecule has 0 heterocycles. The highest BCUT2D eigenvalue weighted by Gasteiger charge is 2.88. The standard InChI is InChI=1S/C62H126O12S16Si4/c1-16-48(14)30-29-39-61(15,87(79-75,57-44-49-31-35-53(57)40-49)83-91(63-17-2,64-18-3)65-19-4)62(88(80-76,58-45-50-32-36-54(58)41-50)84-92(66-20-5,67-21-6)68-22-7,89(81-77,59-46-51-33-37-55(59)42-51)85-93(69-23-8,70-24-9)71-25-10)90(82-78,60-47-52-34-38-56(60)43-52)86-94(72-26-11,73-27-12)74-28-13/h48-60,75-78H,16-47H2,1-15H3. The molecule has 8 fully saturated rings. The van der Waals surface area contributed by atoms with Gasteiger partial charge in [-0.25, -0.2) is 0 Å². The molecule has 8 aliphatic rings. The summed E-state index contributed by atoms with van der Waals surface area (Å²) in [5, 5.41) is 0.759. The minimum absolute atomic E-state index is 0.170. The molecule has 8 aliphatic carbocycles. The fourth-order valence-electron chi connectivity index (χ4n) is 18.6. The fourth-order valence-corrected chi connectivity index (χ4v) is 157. The Morgan fingerprint density at radius 2 is 0.574 bits per heavy atom. The third-order valence-corrected chi connectivity index (χ3v) is 115. The molecule has 0 aromatic heterocycles. The summed E-state index contributed by atoms with van der Waals surface area (Å²) in [7, 11) is -10.00. The number of rotatable bonds is 50. The van der Waals surface area contributed by atoms with Crippen LogP contribution in [0.1, 0.15) is 232 Å². The maximum absolute atomic E-state index is 7.73. The van der Waals surface area contributed by atoms with Crippen molar-refractivity contribution in [3.05, 3.63) is 0 Å². The van der Waals surface area contributed by atoms with Crippen LogP contribution in [0.2, 0.25) is 0 Å². The minimum Gasteiger partial charge on any atom is -0.365 e. The van der Waals surface area contributed by atoms with E-state index in [0.717, 1.165) is 51.4 Å². The van der Waals surface area contributed by atoms with Crippen LogP contribution < -0.4 is 0 Å². The monoisotopic (exact) mass is 1690 g/mol. The smallest absolute Gasteiger partial charge is 0.365 e. The summed E-state index contributed by atoms with van der Waals surface area (Å²) in [6, 6.07) is 0. The maximum atomic E-state index is 7.73. The molecule has 94 heavy (non-hydrogen) atoms. The second-order valence-electron chi connectivity index (χ2n) is 27.1. The lowest BCUT2D eigenvalue weighted by Crippen LogP contribution is -2.67. The van der Waals surface area contributed by atoms with Gasteiger partial charge in [0.05, 0.1) is 0 Å². The molecule has 558 valence electrons. The second kappa shape index (κ2) is 38.6. The normalized spacial score (nSPS) is 33.2. The van der Waals surface area contributed by atoms with E-state index < -0.39 is 72.3 Å². The van der Waals surface area contributed by atoms with Crippen molar-refractivity contribution in [2.75, 3.05) is 79.3 Å². The van der Waals surface area contributed by atoms with Crippen molar-refractivity contribution in [3.8, 4) is 0 Å². The molecule has 0 radical (unpaired) electrons. The van der Waals surface area contributed by atoms with Crippen LogP contribution in [-0.2, 0) is 53.1 Å². The number of hydrogen-bond donors (Lipinski definition) is 4. The first-order valence-corrected chi connectivity index (χ1v) is 67.8. The predicted octanol–water partition coefficient (Wildman–Crippen LogP) is 23.3. The van der Waals surface area contributed by atoms with Crippen LogP contribution in [0.5, 0.6) is 0 Å². The average molecular weight is 1690 g/mol. The molecule has 8 rings (SSSR count). The lowest BCUT2D eigenvalue weighted by Gasteiger charge is -2.82. The maximum Gasteiger partial charge on any atom is 0.583 e. The lowest BCUT2D eigenvalue weighted by molar-refractivity contribution is 0.0963. The van der Waals surface area contributed by atoms with Crippen molar-refractivity contribution in [2.45, 2.75) is 261 Å². The summed E-state index contributed by atoms with van der Waals surface area (Å²) in [4.78, 5) is 0. The van der Waals surface area contributed by atoms with E-state index in [4.69, 9.17) is 99.8 Å². The fraction of sp³-hybridized carbons (Fsp3) is 1.00. The molecule has 0 aromatic rings. The van der Waals surface area contributed by atoms with Crippen molar-refractivity contribution < 1.29 is 53.1 Å². The zero-order chi connectivity index (χ0) is 68.3. The summed E-state index contributed by atoms with van der Waals surface area (Å²) >= 11 is 25.8. The van der Waals surface area contributed by atoms with Gasteiger partial charge in [-0.05, 0) is 307 Å². The quantitative estimate of drug-likeness (QED) is 0.0263. The molecule has 0 spiro atoms. The van der Waals surface area contributed by atoms with Gasteiger partial charge in [-0.1, -0.05) is 58.8 Å². The molecule has 0 saturated heterocycles. The molecule has 18 atom stereocenters. The second-order valence-corrected chi connectivity index (χ2v) is 82.4. The van der Waals surface area contributed by atoms with E-state index in [0.29, 0.717) is 133 Å². The lowest BCUT2D eigenvalue weighted by atomic mass is 9.97. The van der Waals surface area contributed by atoms with Crippen LogP contribution in [0.25, 0.3) is 0 Å². The third kappa shape index (κ3) is 16.6. The Labute approximate surface area is 631 Å². The Hall–Kier alpha value is 5.99. The minimum atomic E-state index is -3.92. The SMILES string of the molecule is CCO[Si](OCC)(OCC)SS(SS)(C1CC2CCC1C2)C(C)(CCCC(C)CC)C(S(SS)(S[Si](OCC)(OCC)OCC)C1CC2CCC1C2)(S(SS)(S[Si](OCC)(OCC)OCC)C1CC2CCC1C2)S(SS)(S[Si](OCC)(OCC)OCC)C1CC2CCC1C2. The van der Waals surface area contributed by atoms with E-state index in [-0.39, 0.29) is 21.0 Å². The number of fused-ring (bicyclic) bond motifs is 8. The Bertz CT molecular complexity index is 2080. The van der Waals surface area contributed by atoms with E-state index in [1.54, 1.807) is 0 Å². The first-order chi connectivity index (χ1) is 45.3. The summed E-state index contributed by atoms with van der Waals surface area (Å²) in [6.45, 7) is 39.2. The predicted molar refractivity (Wildman–Crippen MR) is 451 cm³/mol. The Morgan fingerprint density at radius 1 is 0.351 bits per heavy atom. The molecule has 0 amide bonds. The van der Waals surface area contributed by atoms with Crippen molar-refractivity contribution in [2.24, 2.45) is 53.3 Å². The van der Waals surface area contributed by atoms with Gasteiger partial charge in [0.1, 0.15) is 3.41 Å². The summed E-state index contributed by atoms with van der Waals surface area (Å²) in [5.74, 6) is 4.44. The Balaban J connectivity index is 1.84. The summed E-state index contributed by atoms with van der Waals surface area (Å²) in [5.41, 5.74) is 0. The van der Waals surface area contributed by atoms with Gasteiger partial charge in [-0.2, -0.15) is 0 Å². The number of thiol groups is 4. The van der Waals surface area contributed by atoms with Crippen molar-refractivity contribution >= 4 is 191 Å². The first kappa shape index (κ1) is 85.6. The zero-order valence-electron chi connectivity index (χ0n) is 59.7. The Kier molecular flexibility index (Phi) is 35.1. The van der Waals surface area contributed by atoms with Crippen LogP contribution >= 0.6 is 159 Å². The number of hydrogen-bond acceptors (Lipinski definition) is 24. The molecular weight excluding hydrogens is 1560 g/mol. The van der Waals surface area contributed by atoms with Gasteiger partial charge in [0.25, 0.3) is 0 Å². The van der Waals surface area contributed by atoms with E-state index in [1.807, 2.05) is 39.3 Å². The highest BCUT2D eigenvalue weighted by atomic mass is 33.8. The average Bonchev–Trinajstić information content (AvgIpc) is 0.943. The largest absolute Gasteiger partial charge is 0.583 e. The molecule has 0 aliphatic heterocycles. The molecule has 0 aromatic carbocycles. The van der Waals surface area contributed by atoms with Crippen LogP contribution in [0.3, 0.4) is 0 Å². The highest BCUT2D eigenvalue weighted by Crippen LogP contribution is 3.15. The van der Waals surface area contributed by atoms with Crippen LogP contribution in [0.4, 0.5) is 0 Å². The van der Waals surface area contributed by atoms with E-state index in [9.17, 15) is 0 Å². The van der Waals surface area contributed by atoms with E-state index >= 15 is 0 Å². The molecule has 8 saturated carbocycles. The molecule has 12 nitrogen and oxygen atoms in total. The van der Waals surface area contributed by atoms with Crippen molar-refractivity contribution in [1.29, 1.82) is 0 Å². The van der Waals surface area contributed by atoms with Crippen molar-refractivity contribution in [1.82, 2.24) is 0 Å². The van der Waals surface area contributed by atoms with Gasteiger partial charge >= 0.3 is 31.8 Å². The highest BCUT2D eigenvalue weighted by molar-refractivity contribution is 9.54. The van der Waals surface area contributed by atoms with Gasteiger partial charge in [-0.15, -0.1) is 79.0 Å². The molecule has 8 bridgehead atoms. The van der Waals surface area contributed by atoms with Crippen LogP contribution in [0.15, 0.2) is 0 Å². The van der Waals surface area contributed by atoms with Gasteiger partial charge in [0, 0.05) is 105 Å². The zero-order valence-corrected chi connectivity index (χ0v) is 77.1. The van der Waals surface area contributed by atoms with Crippen LogP contribution in [0, 0.1) is 53.3 Å². The van der Waals surface area contributed by atoms with E-state index in [2.05, 4.69) is 145 Å². The molecular formula is C62H126O12S16Si4. The molecule has 0 N–H and O–H groups in total. The van der Waals surface area contributed by atoms with E-state index in [1.165, 1.54) is 77.0 Å². The van der Waals surface area contributed by atoms with Crippen molar-refractivity contribution in [3.63, 3.8) is 0 Å². The molecule has 32 heteroatoms.